The van der Waals surface area contributed by atoms with Crippen LogP contribution in [0.4, 0.5) is 18.9 Å². The number of hydrogen-bond acceptors (Lipinski definition) is 6. The zero-order valence-electron chi connectivity index (χ0n) is 16.1. The van der Waals surface area contributed by atoms with Crippen LogP contribution in [0.15, 0.2) is 52.0 Å². The fraction of sp³-hybridized carbons (Fsp3) is 0.211. The topological polar surface area (TPSA) is 91.3 Å². The zero-order valence-corrected chi connectivity index (χ0v) is 17.6. The number of amides is 1. The first-order valence-corrected chi connectivity index (χ1v) is 9.93. The molecule has 164 valence electrons. The summed E-state index contributed by atoms with van der Waals surface area (Å²) in [6.07, 6.45) is -4.59. The van der Waals surface area contributed by atoms with Crippen molar-refractivity contribution in [2.75, 3.05) is 12.4 Å². The quantitative estimate of drug-likeness (QED) is 0.432. The number of halogens is 4. The Morgan fingerprint density at radius 3 is 2.58 bits per heavy atom. The summed E-state index contributed by atoms with van der Waals surface area (Å²) >= 11 is 6.75. The first-order chi connectivity index (χ1) is 14.6. The van der Waals surface area contributed by atoms with Crippen molar-refractivity contribution in [3.05, 3.63) is 53.1 Å². The minimum atomic E-state index is -4.59. The summed E-state index contributed by atoms with van der Waals surface area (Å²) in [5.41, 5.74) is -0.655. The van der Waals surface area contributed by atoms with Gasteiger partial charge >= 0.3 is 6.18 Å². The largest absolute Gasteiger partial charge is 0.538 e. The third kappa shape index (κ3) is 5.23. The van der Waals surface area contributed by atoms with Gasteiger partial charge in [0.05, 0.1) is 33.9 Å². The van der Waals surface area contributed by atoms with Gasteiger partial charge in [0.1, 0.15) is 5.75 Å². The van der Waals surface area contributed by atoms with Crippen LogP contribution in [0.3, 0.4) is 0 Å². The Morgan fingerprint density at radius 2 is 1.97 bits per heavy atom. The van der Waals surface area contributed by atoms with Crippen molar-refractivity contribution in [3.8, 4) is 17.4 Å². The SMILES string of the molecule is COc1ccc(-[n+]2noc([O-])c2SC(C)C(=O)Nc2cc(C(F)(F)F)ccc2Cl)cc1. The summed E-state index contributed by atoms with van der Waals surface area (Å²) in [7, 11) is 1.51. The number of hydrogen-bond donors (Lipinski definition) is 1. The van der Waals surface area contributed by atoms with Crippen molar-refractivity contribution in [1.29, 1.82) is 0 Å². The highest BCUT2D eigenvalue weighted by molar-refractivity contribution is 8.00. The highest BCUT2D eigenvalue weighted by atomic mass is 35.5. The van der Waals surface area contributed by atoms with E-state index in [4.69, 9.17) is 20.9 Å². The van der Waals surface area contributed by atoms with Gasteiger partial charge in [0.15, 0.2) is 5.95 Å². The first kappa shape index (κ1) is 22.8. The van der Waals surface area contributed by atoms with E-state index in [1.165, 1.54) is 18.7 Å². The fourth-order valence-electron chi connectivity index (χ4n) is 2.48. The highest BCUT2D eigenvalue weighted by Gasteiger charge is 2.32. The number of carbonyl (C=O) groups is 1. The number of rotatable bonds is 6. The molecule has 0 aliphatic carbocycles. The number of alkyl halides is 3. The molecule has 7 nitrogen and oxygen atoms in total. The van der Waals surface area contributed by atoms with E-state index in [0.717, 1.165) is 30.0 Å². The van der Waals surface area contributed by atoms with Gasteiger partial charge in [-0.1, -0.05) is 11.6 Å². The van der Waals surface area contributed by atoms with Crippen molar-refractivity contribution >= 4 is 35.0 Å². The molecule has 3 rings (SSSR count). The molecule has 0 spiro atoms. The zero-order chi connectivity index (χ0) is 22.8. The maximum absolute atomic E-state index is 12.9. The Balaban J connectivity index is 1.79. The molecule has 0 aliphatic heterocycles. The lowest BCUT2D eigenvalue weighted by atomic mass is 10.2. The normalized spacial score (nSPS) is 12.5. The molecule has 3 aromatic rings. The van der Waals surface area contributed by atoms with Gasteiger partial charge in [0, 0.05) is 12.1 Å². The van der Waals surface area contributed by atoms with E-state index in [1.807, 2.05) is 0 Å². The summed E-state index contributed by atoms with van der Waals surface area (Å²) in [5, 5.41) is 17.2. The maximum Gasteiger partial charge on any atom is 0.416 e. The Hall–Kier alpha value is -2.92. The third-order valence-corrected chi connectivity index (χ3v) is 5.56. The minimum Gasteiger partial charge on any atom is -0.538 e. The summed E-state index contributed by atoms with van der Waals surface area (Å²) in [6, 6.07) is 9.19. The molecule has 0 bridgehead atoms. The van der Waals surface area contributed by atoms with Gasteiger partial charge < -0.3 is 19.7 Å². The van der Waals surface area contributed by atoms with E-state index in [0.29, 0.717) is 11.4 Å². The average molecular weight is 474 g/mol. The Labute approximate surface area is 183 Å². The van der Waals surface area contributed by atoms with Gasteiger partial charge in [-0.3, -0.25) is 4.79 Å². The molecule has 1 atom stereocenters. The average Bonchev–Trinajstić information content (AvgIpc) is 3.09. The standard InChI is InChI=1S/C19H15ClF3N3O4S/c1-10(16(27)24-15-9-11(19(21,22)23)3-8-14(15)20)31-17-18(28)30-25-26(17)12-4-6-13(29-2)7-5-12/h3-10H,1-2H3,(H-,24,25,27,28). The lowest BCUT2D eigenvalue weighted by Crippen LogP contribution is -2.36. The molecule has 1 heterocycles. The molecule has 12 heteroatoms. The van der Waals surface area contributed by atoms with Crippen LogP contribution in [0, 0.1) is 0 Å². The van der Waals surface area contributed by atoms with Gasteiger partial charge in [-0.05, 0) is 53.7 Å². The molecule has 31 heavy (non-hydrogen) atoms. The fourth-order valence-corrected chi connectivity index (χ4v) is 3.52. The van der Waals surface area contributed by atoms with Crippen molar-refractivity contribution in [2.45, 2.75) is 23.4 Å². The number of anilines is 1. The number of thioether (sulfide) groups is 1. The highest BCUT2D eigenvalue weighted by Crippen LogP contribution is 2.34. The van der Waals surface area contributed by atoms with Crippen LogP contribution in [0.5, 0.6) is 11.7 Å². The van der Waals surface area contributed by atoms with E-state index in [2.05, 4.69) is 10.6 Å². The van der Waals surface area contributed by atoms with E-state index in [-0.39, 0.29) is 15.7 Å². The molecule has 0 saturated carbocycles. The van der Waals surface area contributed by atoms with Crippen molar-refractivity contribution in [3.63, 3.8) is 0 Å². The van der Waals surface area contributed by atoms with Gasteiger partial charge in [0.25, 0.3) is 5.03 Å². The van der Waals surface area contributed by atoms with Crippen LogP contribution in [-0.2, 0) is 11.0 Å². The molecule has 0 saturated heterocycles. The molecular formula is C19H15ClF3N3O4S. The van der Waals surface area contributed by atoms with E-state index in [9.17, 15) is 23.1 Å². The van der Waals surface area contributed by atoms with Crippen LogP contribution < -0.4 is 19.8 Å². The molecule has 1 amide bonds. The lowest BCUT2D eigenvalue weighted by molar-refractivity contribution is -0.705. The van der Waals surface area contributed by atoms with Gasteiger partial charge in [-0.25, -0.2) is 0 Å². The van der Waals surface area contributed by atoms with Crippen molar-refractivity contribution in [1.82, 2.24) is 5.27 Å². The smallest absolute Gasteiger partial charge is 0.416 e. The van der Waals surface area contributed by atoms with Crippen molar-refractivity contribution in [2.24, 2.45) is 0 Å². The number of ether oxygens (including phenoxy) is 1. The molecule has 1 N–H and O–H groups in total. The second-order valence-corrected chi connectivity index (χ2v) is 7.95. The number of methoxy groups -OCH3 is 1. The van der Waals surface area contributed by atoms with E-state index in [1.54, 1.807) is 24.3 Å². The number of carbonyl (C=O) groups excluding carboxylic acids is 1. The molecular weight excluding hydrogens is 459 g/mol. The third-order valence-electron chi connectivity index (χ3n) is 4.10. The molecule has 1 aromatic heterocycles. The van der Waals surface area contributed by atoms with Crippen molar-refractivity contribution < 1.29 is 37.0 Å². The minimum absolute atomic E-state index is 0.0166. The van der Waals surface area contributed by atoms with E-state index >= 15 is 0 Å². The molecule has 2 aromatic carbocycles. The second kappa shape index (κ2) is 9.06. The maximum atomic E-state index is 12.9. The van der Waals surface area contributed by atoms with Crippen LogP contribution in [0.1, 0.15) is 12.5 Å². The van der Waals surface area contributed by atoms with E-state index < -0.39 is 28.8 Å². The van der Waals surface area contributed by atoms with Crippen LogP contribution in [0.2, 0.25) is 5.02 Å². The summed E-state index contributed by atoms with van der Waals surface area (Å²) < 4.78 is 49.8. The molecule has 0 fully saturated rings. The molecule has 0 aliphatic rings. The van der Waals surface area contributed by atoms with Gasteiger partial charge in [0.2, 0.25) is 11.6 Å². The summed E-state index contributed by atoms with van der Waals surface area (Å²) in [4.78, 5) is 12.5. The number of benzene rings is 2. The number of nitrogens with one attached hydrogen (secondary N) is 1. The Morgan fingerprint density at radius 1 is 1.29 bits per heavy atom. The van der Waals surface area contributed by atoms with Crippen LogP contribution >= 0.6 is 23.4 Å². The molecule has 0 radical (unpaired) electrons. The van der Waals surface area contributed by atoms with Crippen LogP contribution in [0.25, 0.3) is 5.69 Å². The predicted molar refractivity (Wildman–Crippen MR) is 104 cm³/mol. The predicted octanol–water partition coefficient (Wildman–Crippen LogP) is 3.83. The Bertz CT molecular complexity index is 1090. The van der Waals surface area contributed by atoms with Gasteiger partial charge in [-0.15, -0.1) is 0 Å². The summed E-state index contributed by atoms with van der Waals surface area (Å²) in [5.74, 6) is -0.833. The van der Waals surface area contributed by atoms with Gasteiger partial charge in [-0.2, -0.15) is 13.2 Å². The first-order valence-electron chi connectivity index (χ1n) is 8.68. The number of nitrogens with zero attached hydrogens (tertiary/aromatic N) is 2. The van der Waals surface area contributed by atoms with Crippen LogP contribution in [-0.4, -0.2) is 23.5 Å². The Kier molecular flexibility index (Phi) is 6.65. The number of aromatic nitrogens is 2. The summed E-state index contributed by atoms with van der Waals surface area (Å²) in [6.45, 7) is 1.48. The molecule has 1 unspecified atom stereocenters. The lowest BCUT2D eigenvalue weighted by Gasteiger charge is -2.14. The monoisotopic (exact) mass is 473 g/mol. The second-order valence-electron chi connectivity index (χ2n) is 6.22.